The summed E-state index contributed by atoms with van der Waals surface area (Å²) in [5.74, 6) is -0.323. The van der Waals surface area contributed by atoms with E-state index in [1.54, 1.807) is 20.8 Å². The third-order valence-electron chi connectivity index (χ3n) is 13.0. The Morgan fingerprint density at radius 1 is 0.477 bits per heavy atom. The molecule has 1 rings (SSSR count). The quantitative estimate of drug-likeness (QED) is 0.0171. The summed E-state index contributed by atoms with van der Waals surface area (Å²) in [6, 6.07) is 3.97. The van der Waals surface area contributed by atoms with Gasteiger partial charge in [0, 0.05) is 75.4 Å². The van der Waals surface area contributed by atoms with Crippen LogP contribution in [0.15, 0.2) is 36.5 Å². The molecule has 6 N–H and O–H groups in total. The molecule has 1 heterocycles. The molecule has 0 saturated carbocycles. The van der Waals surface area contributed by atoms with Crippen molar-refractivity contribution >= 4 is 97.8 Å². The van der Waals surface area contributed by atoms with Gasteiger partial charge in [-0.1, -0.05) is 64.3 Å². The summed E-state index contributed by atoms with van der Waals surface area (Å²) in [4.78, 5) is 85.8. The maximum Gasteiger partial charge on any atom is 0.275 e. The van der Waals surface area contributed by atoms with Crippen molar-refractivity contribution < 1.29 is 75.6 Å². The number of nitrogens with zero attached hydrogens (tertiary/aromatic N) is 4. The van der Waals surface area contributed by atoms with Gasteiger partial charge < -0.3 is 78.8 Å². The lowest BCUT2D eigenvalue weighted by atomic mass is 10.1. The van der Waals surface area contributed by atoms with Crippen molar-refractivity contribution in [3.05, 3.63) is 36.5 Å². The number of carbonyl (C=O) groups is 7. The van der Waals surface area contributed by atoms with Gasteiger partial charge in [0.25, 0.3) is 11.8 Å². The van der Waals surface area contributed by atoms with Crippen LogP contribution in [0.5, 0.6) is 0 Å². The van der Waals surface area contributed by atoms with Gasteiger partial charge in [0.15, 0.2) is 46.4 Å². The average molecular weight is 1410 g/mol. The van der Waals surface area contributed by atoms with Crippen LogP contribution in [0.2, 0.25) is 76.6 Å². The summed E-state index contributed by atoms with van der Waals surface area (Å²) in [6.45, 7) is 40.9. The van der Waals surface area contributed by atoms with E-state index in [2.05, 4.69) is 109 Å². The molecule has 0 radical (unpaired) electrons. The highest BCUT2D eigenvalue weighted by molar-refractivity contribution is 6.85. The van der Waals surface area contributed by atoms with Crippen LogP contribution >= 0.6 is 23.2 Å². The third-order valence-corrected chi connectivity index (χ3v) is 28.6. The van der Waals surface area contributed by atoms with Crippen LogP contribution in [0.3, 0.4) is 0 Å². The van der Waals surface area contributed by atoms with E-state index >= 15 is 0 Å². The van der Waals surface area contributed by atoms with Gasteiger partial charge in [-0.2, -0.15) is 0 Å². The fourth-order valence-corrected chi connectivity index (χ4v) is 26.8. The first kappa shape index (κ1) is 107. The van der Waals surface area contributed by atoms with Crippen molar-refractivity contribution in [2.24, 2.45) is 0 Å². The average Bonchev–Trinajstić information content (AvgIpc) is 3.30. The Balaban J connectivity index is -0.000000148. The summed E-state index contributed by atoms with van der Waals surface area (Å²) in [5, 5.41) is 17.4. The van der Waals surface area contributed by atoms with E-state index in [1.807, 2.05) is 47.2 Å². The van der Waals surface area contributed by atoms with Crippen LogP contribution in [0.4, 0.5) is 0 Å². The minimum atomic E-state index is -1.90. The zero-order chi connectivity index (χ0) is 62.1. The standard InChI is InChI=1S/C32H64N6O5Si2.C14H30Cl2N2O3Si2.C9H16N2O.6CH4.2ClH/c1-27(2)31(41)35-17-13-21-37(5,6)25-29(39)33-19-15-23-44(9,10)43-45(11,12)24-16-20-34-30(40)26-38(7,8)22-14-18-36-32(42)28(3)4;1-22(2,9-5-7-17-13(19)11-15)21-23(3,4)10-6-8-18-14(20)12-16;1-7(2)9(12)11-6-5-8(11)10(3)4;;;;;;;;/h1,3,13-26H2,2,4-12H3,(H2-2,33,34,35,36,39,40,41,42);5-12H2,1-4H3,(H,17,19)(H,18,20);8H,1,5-6H2,2-4H3;6*1H4;2*1H. The van der Waals surface area contributed by atoms with E-state index in [9.17, 15) is 33.6 Å². The first-order chi connectivity index (χ1) is 36.7. The van der Waals surface area contributed by atoms with Crippen LogP contribution in [0, 0.1) is 0 Å². The van der Waals surface area contributed by atoms with Gasteiger partial charge in [-0.15, -0.1) is 23.2 Å². The van der Waals surface area contributed by atoms with Crippen molar-refractivity contribution in [2.75, 3.05) is 126 Å². The normalized spacial score (nSPS) is 12.5. The molecule has 0 aromatic rings. The summed E-state index contributed by atoms with van der Waals surface area (Å²) < 4.78 is 14.4. The summed E-state index contributed by atoms with van der Waals surface area (Å²) in [5.41, 5.74) is 1.62. The molecule has 19 nitrogen and oxygen atoms in total. The summed E-state index contributed by atoms with van der Waals surface area (Å²) in [7, 11) is 4.81. The van der Waals surface area contributed by atoms with Gasteiger partial charge in [0.05, 0.1) is 47.4 Å². The second-order valence-corrected chi connectivity index (χ2v) is 43.5. The second-order valence-electron chi connectivity index (χ2n) is 25.3. The topological polar surface area (TPSA) is 217 Å². The predicted octanol–water partition coefficient (Wildman–Crippen LogP) is 4.15. The number of likely N-dealkylation sites (tertiary alicyclic amines) is 1. The molecule has 528 valence electrons. The largest absolute Gasteiger partial charge is 1.00 e. The van der Waals surface area contributed by atoms with E-state index < -0.39 is 33.3 Å². The highest BCUT2D eigenvalue weighted by Crippen LogP contribution is 2.25. The molecule has 0 aromatic heterocycles. The van der Waals surface area contributed by atoms with E-state index in [4.69, 9.17) is 31.4 Å². The third kappa shape index (κ3) is 56.1. The Morgan fingerprint density at radius 2 is 0.739 bits per heavy atom. The van der Waals surface area contributed by atoms with E-state index in [1.165, 1.54) is 0 Å². The molecule has 1 saturated heterocycles. The molecule has 7 amide bonds. The number of carbonyl (C=O) groups excluding carboxylic acids is 7. The fourth-order valence-electron chi connectivity index (χ4n) is 8.92. The van der Waals surface area contributed by atoms with E-state index in [0.29, 0.717) is 78.0 Å². The number of alkyl halides is 2. The van der Waals surface area contributed by atoms with Gasteiger partial charge in [-0.25, -0.2) is 0 Å². The van der Waals surface area contributed by atoms with E-state index in [-0.39, 0.29) is 129 Å². The molecular formula is C61H136Cl4N10O9Si4. The van der Waals surface area contributed by atoms with Crippen molar-refractivity contribution in [2.45, 2.75) is 193 Å². The molecular weight excluding hydrogens is 1270 g/mol. The zero-order valence-corrected chi connectivity index (χ0v) is 60.7. The lowest BCUT2D eigenvalue weighted by Gasteiger charge is -2.44. The van der Waals surface area contributed by atoms with Crippen LogP contribution < -0.4 is 56.7 Å². The Bertz CT molecular complexity index is 1900. The van der Waals surface area contributed by atoms with Crippen molar-refractivity contribution in [3.8, 4) is 0 Å². The van der Waals surface area contributed by atoms with Crippen LogP contribution in [-0.2, 0) is 41.8 Å². The number of halogens is 4. The number of hydrogen-bond donors (Lipinski definition) is 6. The number of nitrogens with one attached hydrogen (secondary N) is 6. The van der Waals surface area contributed by atoms with E-state index in [0.717, 1.165) is 88.8 Å². The van der Waals surface area contributed by atoms with Gasteiger partial charge in [-0.3, -0.25) is 38.5 Å². The second kappa shape index (κ2) is 53.8. The first-order valence-corrected chi connectivity index (χ1v) is 42.0. The molecule has 0 aromatic carbocycles. The molecule has 1 aliphatic heterocycles. The van der Waals surface area contributed by atoms with Crippen molar-refractivity contribution in [1.82, 2.24) is 41.7 Å². The molecule has 88 heavy (non-hydrogen) atoms. The Labute approximate surface area is 567 Å². The first-order valence-electron chi connectivity index (χ1n) is 28.5. The zero-order valence-electron chi connectivity index (χ0n) is 53.6. The number of likely N-dealkylation sites (N-methyl/N-ethyl adjacent to an activating group) is 2. The molecule has 27 heteroatoms. The molecule has 1 unspecified atom stereocenters. The molecule has 0 aliphatic carbocycles. The van der Waals surface area contributed by atoms with Gasteiger partial charge >= 0.3 is 0 Å². The molecule has 1 fully saturated rings. The number of amides is 7. The predicted molar refractivity (Wildman–Crippen MR) is 381 cm³/mol. The van der Waals surface area contributed by atoms with Crippen molar-refractivity contribution in [1.29, 1.82) is 0 Å². The Morgan fingerprint density at radius 3 is 0.955 bits per heavy atom. The highest BCUT2D eigenvalue weighted by atomic mass is 35.5. The summed E-state index contributed by atoms with van der Waals surface area (Å²) in [6.07, 6.45) is 6.55. The number of hydrogen-bond acceptors (Lipinski definition) is 10. The molecule has 0 spiro atoms. The Hall–Kier alpha value is -2.66. The van der Waals surface area contributed by atoms with Gasteiger partial charge in [-0.05, 0) is 144 Å². The minimum Gasteiger partial charge on any atom is -1.00 e. The maximum absolute atomic E-state index is 12.5. The van der Waals surface area contributed by atoms with Gasteiger partial charge in [0.2, 0.25) is 29.5 Å². The monoisotopic (exact) mass is 1400 g/mol. The number of quaternary nitrogens is 2. The lowest BCUT2D eigenvalue weighted by Crippen LogP contribution is -3.00. The molecule has 1 aliphatic rings. The number of rotatable bonds is 38. The summed E-state index contributed by atoms with van der Waals surface area (Å²) >= 11 is 10.9. The maximum atomic E-state index is 12.5. The van der Waals surface area contributed by atoms with Crippen molar-refractivity contribution in [3.63, 3.8) is 0 Å². The molecule has 1 atom stereocenters. The molecule has 0 bridgehead atoms. The van der Waals surface area contributed by atoms with Gasteiger partial charge in [0.1, 0.15) is 11.8 Å². The Kier molecular flexibility index (Phi) is 65.4. The van der Waals surface area contributed by atoms with Crippen LogP contribution in [0.1, 0.15) is 110 Å². The SMILES string of the molecule is C.C.C.C.C.C.C=C(C)C(=O)N1CCC1N(C)C.C=C(C)C(=O)NCCC[N+](C)(C)CC(=O)NCCC[Si](C)(C)O[Si](C)(C)CCCNC(=O)C[N+](C)(C)CCCNC(=O)C(=C)C.C[Si](C)(CCCNC(=O)CCl)O[Si](C)(C)CCCNC(=O)CCl.[Cl-].[Cl-]. The minimum absolute atomic E-state index is 0. The van der Waals surface area contributed by atoms with Crippen LogP contribution in [-0.4, -0.2) is 226 Å². The fraction of sp³-hybridized carbons (Fsp3) is 0.787. The lowest BCUT2D eigenvalue weighted by molar-refractivity contribution is -0.882. The van der Waals surface area contributed by atoms with Crippen LogP contribution in [0.25, 0.3) is 0 Å². The smallest absolute Gasteiger partial charge is 0.275 e. The highest BCUT2D eigenvalue weighted by Gasteiger charge is 2.35.